The van der Waals surface area contributed by atoms with Gasteiger partial charge in [0.05, 0.1) is 12.1 Å². The second-order valence-corrected chi connectivity index (χ2v) is 6.66. The Morgan fingerprint density at radius 2 is 1.77 bits per heavy atom. The molecule has 1 aliphatic heterocycles. The number of carbonyl (C=O) groups is 1. The molecule has 1 aliphatic rings. The molecule has 0 atom stereocenters. The number of aromatic nitrogens is 3. The minimum Gasteiger partial charge on any atom is -0.304 e. The molecular formula is C19H22N6O. The van der Waals surface area contributed by atoms with Crippen LogP contribution in [0.25, 0.3) is 11.0 Å². The molecule has 1 aromatic heterocycles. The Morgan fingerprint density at radius 3 is 2.54 bits per heavy atom. The summed E-state index contributed by atoms with van der Waals surface area (Å²) in [6.07, 6.45) is 0. The zero-order valence-corrected chi connectivity index (χ0v) is 14.8. The van der Waals surface area contributed by atoms with Crippen LogP contribution in [-0.2, 0) is 6.54 Å². The van der Waals surface area contributed by atoms with E-state index in [1.165, 1.54) is 0 Å². The number of fused-ring (bicyclic) bond motifs is 1. The second-order valence-electron chi connectivity index (χ2n) is 6.66. The van der Waals surface area contributed by atoms with Crippen molar-refractivity contribution in [3.63, 3.8) is 0 Å². The fraction of sp³-hybridized carbons (Fsp3) is 0.316. The molecule has 0 unspecified atom stereocenters. The zero-order chi connectivity index (χ0) is 17.9. The summed E-state index contributed by atoms with van der Waals surface area (Å²) >= 11 is 0. The number of amides is 1. The number of rotatable bonds is 4. The Hall–Kier alpha value is -2.77. The number of hydrazine groups is 1. The maximum atomic E-state index is 12.4. The molecule has 7 heteroatoms. The number of para-hydroxylation sites is 1. The third kappa shape index (κ3) is 3.58. The van der Waals surface area contributed by atoms with Crippen LogP contribution in [-0.4, -0.2) is 64.0 Å². The van der Waals surface area contributed by atoms with Gasteiger partial charge < -0.3 is 4.90 Å². The van der Waals surface area contributed by atoms with Crippen LogP contribution in [0.2, 0.25) is 0 Å². The number of benzene rings is 2. The van der Waals surface area contributed by atoms with E-state index < -0.39 is 0 Å². The molecule has 0 saturated carbocycles. The van der Waals surface area contributed by atoms with Gasteiger partial charge in [-0.05, 0) is 36.9 Å². The molecule has 2 heterocycles. The summed E-state index contributed by atoms with van der Waals surface area (Å²) in [5, 5.41) is 10.4. The van der Waals surface area contributed by atoms with Crippen molar-refractivity contribution in [2.24, 2.45) is 0 Å². The summed E-state index contributed by atoms with van der Waals surface area (Å²) in [5.74, 6) is -0.0627. The number of nitrogens with zero attached hydrogens (tertiary/aromatic N) is 5. The minimum absolute atomic E-state index is 0.0627. The SMILES string of the molecule is CN1CCN(NC(=O)c2ccc(Cn3nnc4ccccc43)cc2)CC1. The smallest absolute Gasteiger partial charge is 0.265 e. The van der Waals surface area contributed by atoms with Gasteiger partial charge in [0.15, 0.2) is 0 Å². The highest BCUT2D eigenvalue weighted by molar-refractivity contribution is 5.93. The first-order valence-electron chi connectivity index (χ1n) is 8.81. The van der Waals surface area contributed by atoms with Gasteiger partial charge in [-0.15, -0.1) is 5.10 Å². The van der Waals surface area contributed by atoms with E-state index in [1.54, 1.807) is 0 Å². The van der Waals surface area contributed by atoms with Crippen molar-refractivity contribution in [2.45, 2.75) is 6.54 Å². The summed E-state index contributed by atoms with van der Waals surface area (Å²) in [4.78, 5) is 14.7. The summed E-state index contributed by atoms with van der Waals surface area (Å²) in [5.41, 5.74) is 6.62. The number of piperazine rings is 1. The average Bonchev–Trinajstić information content (AvgIpc) is 3.07. The van der Waals surface area contributed by atoms with Gasteiger partial charge in [0.1, 0.15) is 5.52 Å². The van der Waals surface area contributed by atoms with E-state index in [9.17, 15) is 4.79 Å². The first-order valence-corrected chi connectivity index (χ1v) is 8.81. The lowest BCUT2D eigenvalue weighted by Crippen LogP contribution is -2.52. The van der Waals surface area contributed by atoms with Gasteiger partial charge in [0.25, 0.3) is 5.91 Å². The summed E-state index contributed by atoms with van der Waals surface area (Å²) in [6, 6.07) is 15.5. The average molecular weight is 350 g/mol. The maximum absolute atomic E-state index is 12.4. The van der Waals surface area contributed by atoms with Crippen molar-refractivity contribution in [1.82, 2.24) is 30.3 Å². The molecule has 2 aromatic carbocycles. The van der Waals surface area contributed by atoms with Crippen LogP contribution >= 0.6 is 0 Å². The molecule has 3 aromatic rings. The van der Waals surface area contributed by atoms with Gasteiger partial charge >= 0.3 is 0 Å². The molecule has 0 radical (unpaired) electrons. The Labute approximate surface area is 152 Å². The fourth-order valence-corrected chi connectivity index (χ4v) is 3.10. The third-order valence-electron chi connectivity index (χ3n) is 4.73. The highest BCUT2D eigenvalue weighted by Crippen LogP contribution is 2.13. The number of likely N-dealkylation sites (N-methyl/N-ethyl adjacent to an activating group) is 1. The lowest BCUT2D eigenvalue weighted by Gasteiger charge is -2.32. The van der Waals surface area contributed by atoms with Crippen molar-refractivity contribution in [2.75, 3.05) is 33.2 Å². The van der Waals surface area contributed by atoms with Gasteiger partial charge in [0.2, 0.25) is 0 Å². The largest absolute Gasteiger partial charge is 0.304 e. The van der Waals surface area contributed by atoms with Crippen molar-refractivity contribution in [3.8, 4) is 0 Å². The molecule has 26 heavy (non-hydrogen) atoms. The van der Waals surface area contributed by atoms with Crippen molar-refractivity contribution >= 4 is 16.9 Å². The number of nitrogens with one attached hydrogen (secondary N) is 1. The highest BCUT2D eigenvalue weighted by Gasteiger charge is 2.16. The fourth-order valence-electron chi connectivity index (χ4n) is 3.10. The predicted octanol–water partition coefficient (Wildman–Crippen LogP) is 1.37. The maximum Gasteiger partial charge on any atom is 0.265 e. The lowest BCUT2D eigenvalue weighted by atomic mass is 10.1. The summed E-state index contributed by atoms with van der Waals surface area (Å²) in [7, 11) is 2.09. The molecule has 0 bridgehead atoms. The monoisotopic (exact) mass is 350 g/mol. The van der Waals surface area contributed by atoms with Crippen LogP contribution in [0.15, 0.2) is 48.5 Å². The Kier molecular flexibility index (Phi) is 4.64. The van der Waals surface area contributed by atoms with Crippen LogP contribution in [0.5, 0.6) is 0 Å². The van der Waals surface area contributed by atoms with E-state index >= 15 is 0 Å². The molecule has 1 amide bonds. The Balaban J connectivity index is 1.41. The van der Waals surface area contributed by atoms with E-state index in [1.807, 2.05) is 58.2 Å². The van der Waals surface area contributed by atoms with Gasteiger partial charge in [-0.2, -0.15) is 0 Å². The number of hydrogen-bond donors (Lipinski definition) is 1. The van der Waals surface area contributed by atoms with Gasteiger partial charge in [0, 0.05) is 31.7 Å². The first-order chi connectivity index (χ1) is 12.7. The molecule has 4 rings (SSSR count). The van der Waals surface area contributed by atoms with Gasteiger partial charge in [-0.25, -0.2) is 9.69 Å². The predicted molar refractivity (Wildman–Crippen MR) is 99.6 cm³/mol. The Bertz CT molecular complexity index is 896. The third-order valence-corrected chi connectivity index (χ3v) is 4.73. The zero-order valence-electron chi connectivity index (χ0n) is 14.8. The first kappa shape index (κ1) is 16.7. The summed E-state index contributed by atoms with van der Waals surface area (Å²) in [6.45, 7) is 4.25. The van der Waals surface area contributed by atoms with Crippen LogP contribution < -0.4 is 5.43 Å². The summed E-state index contributed by atoms with van der Waals surface area (Å²) < 4.78 is 1.87. The van der Waals surface area contributed by atoms with Crippen LogP contribution in [0, 0.1) is 0 Å². The van der Waals surface area contributed by atoms with E-state index in [4.69, 9.17) is 0 Å². The standard InChI is InChI=1S/C19H22N6O/c1-23-10-12-24(13-11-23)21-19(26)16-8-6-15(7-9-16)14-25-18-5-3-2-4-17(18)20-22-25/h2-9H,10-14H2,1H3,(H,21,26). The topological polar surface area (TPSA) is 66.3 Å². The van der Waals surface area contributed by atoms with Gasteiger partial charge in [-0.1, -0.05) is 29.5 Å². The molecular weight excluding hydrogens is 328 g/mol. The van der Waals surface area contributed by atoms with E-state index in [0.717, 1.165) is 42.8 Å². The number of carbonyl (C=O) groups excluding carboxylic acids is 1. The molecule has 1 saturated heterocycles. The van der Waals surface area contributed by atoms with Crippen LogP contribution in [0.1, 0.15) is 15.9 Å². The van der Waals surface area contributed by atoms with Crippen LogP contribution in [0.4, 0.5) is 0 Å². The molecule has 1 fully saturated rings. The Morgan fingerprint density at radius 1 is 1.04 bits per heavy atom. The van der Waals surface area contributed by atoms with Gasteiger partial charge in [-0.3, -0.25) is 10.2 Å². The second kappa shape index (κ2) is 7.23. The van der Waals surface area contributed by atoms with Crippen molar-refractivity contribution in [1.29, 1.82) is 0 Å². The number of hydrogen-bond acceptors (Lipinski definition) is 5. The van der Waals surface area contributed by atoms with E-state index in [-0.39, 0.29) is 5.91 Å². The molecule has 1 N–H and O–H groups in total. The lowest BCUT2D eigenvalue weighted by molar-refractivity contribution is 0.0662. The quantitative estimate of drug-likeness (QED) is 0.770. The minimum atomic E-state index is -0.0627. The van der Waals surface area contributed by atoms with Crippen molar-refractivity contribution in [3.05, 3.63) is 59.7 Å². The van der Waals surface area contributed by atoms with Crippen molar-refractivity contribution < 1.29 is 4.79 Å². The highest BCUT2D eigenvalue weighted by atomic mass is 16.2. The molecule has 7 nitrogen and oxygen atoms in total. The molecule has 0 spiro atoms. The molecule has 134 valence electrons. The normalized spacial score (nSPS) is 16.0. The van der Waals surface area contributed by atoms with Crippen LogP contribution in [0.3, 0.4) is 0 Å². The molecule has 0 aliphatic carbocycles. The van der Waals surface area contributed by atoms with E-state index in [2.05, 4.69) is 27.7 Å². The van der Waals surface area contributed by atoms with E-state index in [0.29, 0.717) is 12.1 Å².